The molecule has 0 bridgehead atoms. The number of nitriles is 1. The SMILES string of the molecule is Cc1nn(C)c(C)c1CCOc1cc(F)ccc1-c1ccc2n[nH]c(CC#N)c2c1. The fraction of sp³-hybridized carbons (Fsp3) is 0.261. The maximum absolute atomic E-state index is 14.0. The van der Waals surface area contributed by atoms with Crippen molar-refractivity contribution in [2.24, 2.45) is 7.05 Å². The van der Waals surface area contributed by atoms with Gasteiger partial charge in [-0.05, 0) is 49.2 Å². The molecule has 4 rings (SSSR count). The van der Waals surface area contributed by atoms with Gasteiger partial charge in [0.1, 0.15) is 11.6 Å². The van der Waals surface area contributed by atoms with Crippen molar-refractivity contribution in [1.29, 1.82) is 5.26 Å². The van der Waals surface area contributed by atoms with Gasteiger partial charge in [0.25, 0.3) is 0 Å². The third-order valence-electron chi connectivity index (χ3n) is 5.41. The number of hydrogen-bond acceptors (Lipinski definition) is 4. The highest BCUT2D eigenvalue weighted by Gasteiger charge is 2.13. The lowest BCUT2D eigenvalue weighted by atomic mass is 10.0. The van der Waals surface area contributed by atoms with Crippen LogP contribution in [-0.2, 0) is 19.9 Å². The van der Waals surface area contributed by atoms with Crippen LogP contribution in [0.1, 0.15) is 22.6 Å². The monoisotopic (exact) mass is 403 g/mol. The zero-order valence-electron chi connectivity index (χ0n) is 17.2. The predicted octanol–water partition coefficient (Wildman–Crippen LogP) is 4.41. The summed E-state index contributed by atoms with van der Waals surface area (Å²) in [5.41, 5.74) is 6.46. The van der Waals surface area contributed by atoms with Gasteiger partial charge < -0.3 is 4.74 Å². The van der Waals surface area contributed by atoms with E-state index in [4.69, 9.17) is 10.00 Å². The first-order valence-corrected chi connectivity index (χ1v) is 9.73. The number of ether oxygens (including phenoxy) is 1. The van der Waals surface area contributed by atoms with Crippen LogP contribution in [-0.4, -0.2) is 26.6 Å². The van der Waals surface area contributed by atoms with Gasteiger partial charge >= 0.3 is 0 Å². The van der Waals surface area contributed by atoms with Crippen LogP contribution < -0.4 is 4.74 Å². The number of hydrogen-bond donors (Lipinski definition) is 1. The van der Waals surface area contributed by atoms with E-state index < -0.39 is 0 Å². The first kappa shape index (κ1) is 19.6. The number of aromatic amines is 1. The fourth-order valence-corrected chi connectivity index (χ4v) is 3.74. The molecule has 0 fully saturated rings. The van der Waals surface area contributed by atoms with Crippen LogP contribution in [0.5, 0.6) is 5.75 Å². The second kappa shape index (κ2) is 7.99. The van der Waals surface area contributed by atoms with Crippen LogP contribution in [0.15, 0.2) is 36.4 Å². The third-order valence-corrected chi connectivity index (χ3v) is 5.41. The Morgan fingerprint density at radius 3 is 2.77 bits per heavy atom. The second-order valence-corrected chi connectivity index (χ2v) is 7.28. The van der Waals surface area contributed by atoms with Crippen LogP contribution in [0, 0.1) is 31.0 Å². The number of aromatic nitrogens is 4. The Labute approximate surface area is 173 Å². The summed E-state index contributed by atoms with van der Waals surface area (Å²) < 4.78 is 21.8. The van der Waals surface area contributed by atoms with E-state index in [9.17, 15) is 4.39 Å². The summed E-state index contributed by atoms with van der Waals surface area (Å²) in [6.45, 7) is 4.42. The minimum Gasteiger partial charge on any atom is -0.492 e. The Balaban J connectivity index is 1.63. The molecule has 4 aromatic rings. The quantitative estimate of drug-likeness (QED) is 0.517. The Hall–Kier alpha value is -3.66. The van der Waals surface area contributed by atoms with Crippen molar-refractivity contribution in [2.45, 2.75) is 26.7 Å². The van der Waals surface area contributed by atoms with E-state index in [2.05, 4.69) is 21.4 Å². The lowest BCUT2D eigenvalue weighted by Gasteiger charge is -2.13. The van der Waals surface area contributed by atoms with Crippen molar-refractivity contribution in [3.05, 3.63) is 64.9 Å². The average Bonchev–Trinajstić information content (AvgIpc) is 3.23. The molecule has 1 N–H and O–H groups in total. The fourth-order valence-electron chi connectivity index (χ4n) is 3.74. The summed E-state index contributed by atoms with van der Waals surface area (Å²) in [7, 11) is 1.92. The van der Waals surface area contributed by atoms with E-state index in [0.717, 1.165) is 44.7 Å². The summed E-state index contributed by atoms with van der Waals surface area (Å²) in [4.78, 5) is 0. The Morgan fingerprint density at radius 2 is 2.03 bits per heavy atom. The molecule has 6 nitrogen and oxygen atoms in total. The summed E-state index contributed by atoms with van der Waals surface area (Å²) in [6.07, 6.45) is 0.936. The van der Waals surface area contributed by atoms with Gasteiger partial charge in [-0.3, -0.25) is 9.78 Å². The molecule has 0 aliphatic rings. The molecule has 0 radical (unpaired) electrons. The maximum Gasteiger partial charge on any atom is 0.130 e. The average molecular weight is 403 g/mol. The summed E-state index contributed by atoms with van der Waals surface area (Å²) >= 11 is 0. The van der Waals surface area contributed by atoms with Crippen LogP contribution in [0.3, 0.4) is 0 Å². The molecule has 30 heavy (non-hydrogen) atoms. The van der Waals surface area contributed by atoms with Gasteiger partial charge in [-0.2, -0.15) is 15.5 Å². The zero-order valence-corrected chi connectivity index (χ0v) is 17.2. The number of rotatable bonds is 6. The largest absolute Gasteiger partial charge is 0.492 e. The third kappa shape index (κ3) is 3.64. The minimum absolute atomic E-state index is 0.247. The van der Waals surface area contributed by atoms with Crippen LogP contribution >= 0.6 is 0 Å². The second-order valence-electron chi connectivity index (χ2n) is 7.28. The predicted molar refractivity (Wildman–Crippen MR) is 113 cm³/mol. The van der Waals surface area contributed by atoms with E-state index in [1.54, 1.807) is 6.07 Å². The highest BCUT2D eigenvalue weighted by Crippen LogP contribution is 2.33. The normalized spacial score (nSPS) is 11.0. The molecular weight excluding hydrogens is 381 g/mol. The molecule has 152 valence electrons. The van der Waals surface area contributed by atoms with E-state index >= 15 is 0 Å². The van der Waals surface area contributed by atoms with Crippen molar-refractivity contribution in [3.63, 3.8) is 0 Å². The summed E-state index contributed by atoms with van der Waals surface area (Å²) in [6, 6.07) is 12.5. The molecule has 7 heteroatoms. The molecular formula is C23H22FN5O. The Kier molecular flexibility index (Phi) is 5.23. The van der Waals surface area contributed by atoms with Crippen molar-refractivity contribution in [1.82, 2.24) is 20.0 Å². The molecule has 0 aliphatic carbocycles. The standard InChI is InChI=1S/C23H22FN5O/c1-14-18(15(2)29(3)28-14)9-11-30-23-13-17(24)5-6-19(23)16-4-7-21-20(12-16)22(8-10-25)27-26-21/h4-7,12-13H,8-9,11H2,1-3H3,(H,26,27). The van der Waals surface area contributed by atoms with Crippen molar-refractivity contribution in [3.8, 4) is 22.9 Å². The molecule has 2 aromatic carbocycles. The molecule has 2 heterocycles. The van der Waals surface area contributed by atoms with Gasteiger partial charge in [-0.1, -0.05) is 6.07 Å². The zero-order chi connectivity index (χ0) is 21.3. The summed E-state index contributed by atoms with van der Waals surface area (Å²) in [5.74, 6) is 0.135. The van der Waals surface area contributed by atoms with Crippen LogP contribution in [0.2, 0.25) is 0 Å². The summed E-state index contributed by atoms with van der Waals surface area (Å²) in [5, 5.41) is 21.5. The number of H-pyrrole nitrogens is 1. The van der Waals surface area contributed by atoms with Crippen molar-refractivity contribution >= 4 is 10.9 Å². The topological polar surface area (TPSA) is 79.5 Å². The van der Waals surface area contributed by atoms with Gasteiger partial charge in [0.2, 0.25) is 0 Å². The molecule has 0 aliphatic heterocycles. The highest BCUT2D eigenvalue weighted by atomic mass is 19.1. The van der Waals surface area contributed by atoms with E-state index in [0.29, 0.717) is 18.8 Å². The number of nitrogens with zero attached hydrogens (tertiary/aromatic N) is 4. The van der Waals surface area contributed by atoms with Gasteiger partial charge in [-0.15, -0.1) is 0 Å². The number of aryl methyl sites for hydroxylation is 2. The van der Waals surface area contributed by atoms with Gasteiger partial charge in [-0.25, -0.2) is 4.39 Å². The number of nitrogens with one attached hydrogen (secondary N) is 1. The Morgan fingerprint density at radius 1 is 1.20 bits per heavy atom. The lowest BCUT2D eigenvalue weighted by molar-refractivity contribution is 0.321. The van der Waals surface area contributed by atoms with Gasteiger partial charge in [0, 0.05) is 36.2 Å². The smallest absolute Gasteiger partial charge is 0.130 e. The first-order valence-electron chi connectivity index (χ1n) is 9.73. The van der Waals surface area contributed by atoms with Crippen molar-refractivity contribution < 1.29 is 9.13 Å². The number of benzene rings is 2. The van der Waals surface area contributed by atoms with Crippen molar-refractivity contribution in [2.75, 3.05) is 6.61 Å². The van der Waals surface area contributed by atoms with Crippen LogP contribution in [0.25, 0.3) is 22.0 Å². The van der Waals surface area contributed by atoms with Crippen LogP contribution in [0.4, 0.5) is 4.39 Å². The molecule has 0 spiro atoms. The molecule has 0 amide bonds. The van der Waals surface area contributed by atoms with Gasteiger partial charge in [0.05, 0.1) is 36.0 Å². The van der Waals surface area contributed by atoms with E-state index in [1.165, 1.54) is 12.1 Å². The highest BCUT2D eigenvalue weighted by molar-refractivity contribution is 5.87. The maximum atomic E-state index is 14.0. The molecule has 0 saturated heterocycles. The number of halogens is 1. The molecule has 2 aromatic heterocycles. The van der Waals surface area contributed by atoms with Gasteiger partial charge in [0.15, 0.2) is 0 Å². The Bertz CT molecular complexity index is 1260. The number of fused-ring (bicyclic) bond motifs is 1. The molecule has 0 saturated carbocycles. The molecule has 0 atom stereocenters. The minimum atomic E-state index is -0.350. The van der Waals surface area contributed by atoms with E-state index in [1.807, 2.05) is 43.8 Å². The van der Waals surface area contributed by atoms with E-state index in [-0.39, 0.29) is 12.2 Å². The molecule has 0 unspecified atom stereocenters. The first-order chi connectivity index (χ1) is 14.5. The lowest BCUT2D eigenvalue weighted by Crippen LogP contribution is -2.04.